The van der Waals surface area contributed by atoms with Crippen molar-refractivity contribution in [3.8, 4) is 28.5 Å². The fraction of sp³-hybridized carbons (Fsp3) is 0.318. The number of benzene rings is 2. The lowest BCUT2D eigenvalue weighted by molar-refractivity contribution is -0.136. The third-order valence-corrected chi connectivity index (χ3v) is 4.88. The highest BCUT2D eigenvalue weighted by Gasteiger charge is 2.20. The number of aromatic amines is 1. The van der Waals surface area contributed by atoms with Gasteiger partial charge in [0, 0.05) is 16.5 Å². The number of ether oxygens (including phenoxy) is 3. The second kappa shape index (κ2) is 7.84. The van der Waals surface area contributed by atoms with E-state index < -0.39 is 5.97 Å². The summed E-state index contributed by atoms with van der Waals surface area (Å²) in [4.78, 5) is 15.0. The molecule has 6 nitrogen and oxygen atoms in total. The molecule has 0 fully saturated rings. The molecule has 1 heterocycles. The van der Waals surface area contributed by atoms with Gasteiger partial charge in [-0.15, -0.1) is 0 Å². The number of rotatable bonds is 7. The lowest BCUT2D eigenvalue weighted by Gasteiger charge is -2.14. The molecule has 0 saturated heterocycles. The van der Waals surface area contributed by atoms with Crippen molar-refractivity contribution in [1.82, 2.24) is 4.98 Å². The molecule has 0 bridgehead atoms. The molecule has 28 heavy (non-hydrogen) atoms. The fourth-order valence-corrected chi connectivity index (χ4v) is 3.43. The third kappa shape index (κ3) is 3.50. The SMILES string of the molecule is COc1cc(-c2[nH]c3ccc(C(C)C)cc3c2CC(=O)O)cc(OC)c1OC. The Labute approximate surface area is 164 Å². The van der Waals surface area contributed by atoms with E-state index in [1.165, 1.54) is 0 Å². The number of carboxylic acid groups (broad SMARTS) is 1. The van der Waals surface area contributed by atoms with Gasteiger partial charge in [-0.1, -0.05) is 19.9 Å². The number of nitrogens with one attached hydrogen (secondary N) is 1. The van der Waals surface area contributed by atoms with Crippen molar-refractivity contribution in [2.24, 2.45) is 0 Å². The molecule has 0 aliphatic rings. The first-order valence-electron chi connectivity index (χ1n) is 9.06. The number of fused-ring (bicyclic) bond motifs is 1. The van der Waals surface area contributed by atoms with Crippen molar-refractivity contribution in [1.29, 1.82) is 0 Å². The largest absolute Gasteiger partial charge is 0.493 e. The van der Waals surface area contributed by atoms with Crippen molar-refractivity contribution in [3.05, 3.63) is 41.5 Å². The van der Waals surface area contributed by atoms with Gasteiger partial charge in [0.05, 0.1) is 33.4 Å². The second-order valence-corrected chi connectivity index (χ2v) is 6.92. The van der Waals surface area contributed by atoms with Crippen LogP contribution >= 0.6 is 0 Å². The van der Waals surface area contributed by atoms with Gasteiger partial charge in [0.2, 0.25) is 5.75 Å². The average Bonchev–Trinajstić information content (AvgIpc) is 3.03. The molecule has 0 aliphatic heterocycles. The van der Waals surface area contributed by atoms with Gasteiger partial charge in [-0.3, -0.25) is 4.79 Å². The molecule has 3 rings (SSSR count). The molecule has 2 aromatic carbocycles. The van der Waals surface area contributed by atoms with Crippen LogP contribution in [-0.4, -0.2) is 37.4 Å². The lowest BCUT2D eigenvalue weighted by Crippen LogP contribution is -2.02. The van der Waals surface area contributed by atoms with E-state index in [0.717, 1.165) is 33.3 Å². The standard InChI is InChI=1S/C22H25NO5/c1-12(2)13-6-7-17-15(8-13)16(11-20(24)25)21(23-17)14-9-18(26-3)22(28-5)19(10-14)27-4/h6-10,12,23H,11H2,1-5H3,(H,24,25). The Morgan fingerprint density at radius 1 is 1.04 bits per heavy atom. The number of aromatic nitrogens is 1. The van der Waals surface area contributed by atoms with E-state index in [2.05, 4.69) is 31.0 Å². The van der Waals surface area contributed by atoms with Crippen LogP contribution in [0.1, 0.15) is 30.9 Å². The highest BCUT2D eigenvalue weighted by molar-refractivity contribution is 5.94. The number of hydrogen-bond acceptors (Lipinski definition) is 4. The number of H-pyrrole nitrogens is 1. The van der Waals surface area contributed by atoms with Crippen molar-refractivity contribution >= 4 is 16.9 Å². The zero-order valence-electron chi connectivity index (χ0n) is 16.8. The van der Waals surface area contributed by atoms with Gasteiger partial charge in [0.25, 0.3) is 0 Å². The summed E-state index contributed by atoms with van der Waals surface area (Å²) in [5.41, 5.74) is 4.30. The Balaban J connectivity index is 2.29. The number of aliphatic carboxylic acids is 1. The highest BCUT2D eigenvalue weighted by atomic mass is 16.5. The van der Waals surface area contributed by atoms with Crippen LogP contribution < -0.4 is 14.2 Å². The Bertz CT molecular complexity index is 994. The van der Waals surface area contributed by atoms with Crippen LogP contribution in [0.25, 0.3) is 22.2 Å². The molecule has 6 heteroatoms. The van der Waals surface area contributed by atoms with E-state index in [9.17, 15) is 9.90 Å². The van der Waals surface area contributed by atoms with E-state index in [1.807, 2.05) is 18.2 Å². The minimum Gasteiger partial charge on any atom is -0.493 e. The molecule has 1 aromatic heterocycles. The molecule has 2 N–H and O–H groups in total. The summed E-state index contributed by atoms with van der Waals surface area (Å²) in [6.07, 6.45) is -0.0897. The lowest BCUT2D eigenvalue weighted by atomic mass is 9.97. The van der Waals surface area contributed by atoms with Crippen molar-refractivity contribution < 1.29 is 24.1 Å². The van der Waals surface area contributed by atoms with Gasteiger partial charge in [0.15, 0.2) is 11.5 Å². The van der Waals surface area contributed by atoms with Gasteiger partial charge in [-0.05, 0) is 41.3 Å². The molecule has 148 valence electrons. The van der Waals surface area contributed by atoms with E-state index in [1.54, 1.807) is 21.3 Å². The quantitative estimate of drug-likeness (QED) is 0.623. The number of hydrogen-bond donors (Lipinski definition) is 2. The Hall–Kier alpha value is -3.15. The molecule has 0 aliphatic carbocycles. The van der Waals surface area contributed by atoms with Crippen molar-refractivity contribution in [3.63, 3.8) is 0 Å². The fourth-order valence-electron chi connectivity index (χ4n) is 3.43. The number of methoxy groups -OCH3 is 3. The average molecular weight is 383 g/mol. The van der Waals surface area contributed by atoms with Gasteiger partial charge >= 0.3 is 5.97 Å². The highest BCUT2D eigenvalue weighted by Crippen LogP contribution is 2.43. The molecule has 0 spiro atoms. The summed E-state index contributed by atoms with van der Waals surface area (Å²) in [6.45, 7) is 4.23. The topological polar surface area (TPSA) is 80.8 Å². The summed E-state index contributed by atoms with van der Waals surface area (Å²) in [5.74, 6) is 0.984. The molecule has 0 radical (unpaired) electrons. The molecule has 0 atom stereocenters. The zero-order valence-corrected chi connectivity index (χ0v) is 16.8. The monoisotopic (exact) mass is 383 g/mol. The molecular formula is C22H25NO5. The first-order chi connectivity index (χ1) is 13.4. The number of carbonyl (C=O) groups is 1. The summed E-state index contributed by atoms with van der Waals surface area (Å²) >= 11 is 0. The first-order valence-corrected chi connectivity index (χ1v) is 9.06. The van der Waals surface area contributed by atoms with Gasteiger partial charge in [0.1, 0.15) is 0 Å². The van der Waals surface area contributed by atoms with Crippen LogP contribution in [0.3, 0.4) is 0 Å². The molecule has 0 unspecified atom stereocenters. The van der Waals surface area contributed by atoms with Crippen molar-refractivity contribution in [2.75, 3.05) is 21.3 Å². The predicted molar refractivity (Wildman–Crippen MR) is 109 cm³/mol. The molecule has 0 amide bonds. The van der Waals surface area contributed by atoms with Crippen molar-refractivity contribution in [2.45, 2.75) is 26.2 Å². The maximum atomic E-state index is 11.6. The summed E-state index contributed by atoms with van der Waals surface area (Å²) in [7, 11) is 4.66. The summed E-state index contributed by atoms with van der Waals surface area (Å²) < 4.78 is 16.3. The Kier molecular flexibility index (Phi) is 5.49. The van der Waals surface area contributed by atoms with Crippen LogP contribution in [0.5, 0.6) is 17.2 Å². The maximum Gasteiger partial charge on any atom is 0.307 e. The molecule has 3 aromatic rings. The third-order valence-electron chi connectivity index (χ3n) is 4.88. The van der Waals surface area contributed by atoms with Gasteiger partial charge in [-0.25, -0.2) is 0 Å². The summed E-state index contributed by atoms with van der Waals surface area (Å²) in [5, 5.41) is 10.4. The van der Waals surface area contributed by atoms with Crippen LogP contribution in [0.15, 0.2) is 30.3 Å². The van der Waals surface area contributed by atoms with E-state index in [-0.39, 0.29) is 6.42 Å². The van der Waals surface area contributed by atoms with E-state index in [4.69, 9.17) is 14.2 Å². The smallest absolute Gasteiger partial charge is 0.307 e. The normalized spacial score (nSPS) is 11.1. The molecular weight excluding hydrogens is 358 g/mol. The van der Waals surface area contributed by atoms with E-state index >= 15 is 0 Å². The number of carboxylic acids is 1. The van der Waals surface area contributed by atoms with Crippen LogP contribution in [-0.2, 0) is 11.2 Å². The van der Waals surface area contributed by atoms with Crippen LogP contribution in [0, 0.1) is 0 Å². The predicted octanol–water partition coefficient (Wildman–Crippen LogP) is 4.61. The van der Waals surface area contributed by atoms with E-state index in [0.29, 0.717) is 23.2 Å². The maximum absolute atomic E-state index is 11.6. The minimum absolute atomic E-state index is 0.0897. The minimum atomic E-state index is -0.885. The zero-order chi connectivity index (χ0) is 20.4. The first kappa shape index (κ1) is 19.6. The Morgan fingerprint density at radius 2 is 1.68 bits per heavy atom. The van der Waals surface area contributed by atoms with Crippen LogP contribution in [0.2, 0.25) is 0 Å². The second-order valence-electron chi connectivity index (χ2n) is 6.92. The van der Waals surface area contributed by atoms with Crippen LogP contribution in [0.4, 0.5) is 0 Å². The molecule has 0 saturated carbocycles. The summed E-state index contributed by atoms with van der Waals surface area (Å²) in [6, 6.07) is 9.77. The Morgan fingerprint density at radius 3 is 2.18 bits per heavy atom. The van der Waals surface area contributed by atoms with Gasteiger partial charge in [-0.2, -0.15) is 0 Å². The van der Waals surface area contributed by atoms with Gasteiger partial charge < -0.3 is 24.3 Å².